The Balaban J connectivity index is 2.14. The number of allylic oxidation sites excluding steroid dienone is 1. The number of nitrogens with zero attached hydrogens (tertiary/aromatic N) is 1. The van der Waals surface area contributed by atoms with Crippen molar-refractivity contribution in [1.29, 1.82) is 0 Å². The Morgan fingerprint density at radius 3 is 1.94 bits per heavy atom. The van der Waals surface area contributed by atoms with Crippen molar-refractivity contribution >= 4 is 28.3 Å². The molecule has 0 fully saturated rings. The number of amides is 1. The fraction of sp³-hybridized carbons (Fsp3) is 0.179. The largest absolute Gasteiger partial charge is 0.443 e. The van der Waals surface area contributed by atoms with Crippen LogP contribution in [-0.4, -0.2) is 24.5 Å². The minimum absolute atomic E-state index is 0.0335. The lowest BCUT2D eigenvalue weighted by Gasteiger charge is -2.28. The highest BCUT2D eigenvalue weighted by Crippen LogP contribution is 2.23. The predicted molar refractivity (Wildman–Crippen MR) is 139 cm³/mol. The third-order valence-electron chi connectivity index (χ3n) is 4.75. The number of nitrogens with one attached hydrogen (secondary N) is 1. The minimum atomic E-state index is -4.19. The number of benzene rings is 3. The van der Waals surface area contributed by atoms with Gasteiger partial charge in [-0.1, -0.05) is 84.4 Å². The van der Waals surface area contributed by atoms with E-state index < -0.39 is 21.7 Å². The number of carbonyl (C=O) groups excluding carboxylic acids is 1. The highest BCUT2D eigenvalue weighted by Gasteiger charge is 2.29. The third kappa shape index (κ3) is 7.58. The van der Waals surface area contributed by atoms with Crippen LogP contribution in [0.1, 0.15) is 37.5 Å². The van der Waals surface area contributed by atoms with Crippen molar-refractivity contribution in [3.05, 3.63) is 113 Å². The van der Waals surface area contributed by atoms with Crippen molar-refractivity contribution in [1.82, 2.24) is 9.84 Å². The summed E-state index contributed by atoms with van der Waals surface area (Å²) in [7, 11) is -4.19. The van der Waals surface area contributed by atoms with E-state index >= 15 is 0 Å². The molecular formula is C28H30N2O4S. The molecule has 0 saturated carbocycles. The lowest BCUT2D eigenvalue weighted by Crippen LogP contribution is -2.47. The van der Waals surface area contributed by atoms with Crippen LogP contribution < -0.4 is 5.43 Å². The maximum absolute atomic E-state index is 13.8. The molecule has 182 valence electrons. The summed E-state index contributed by atoms with van der Waals surface area (Å²) in [4.78, 5) is 12.8. The molecule has 0 heterocycles. The molecule has 1 N–H and O–H groups in total. The fourth-order valence-corrected chi connectivity index (χ4v) is 4.38. The SMILES string of the molecule is Cc1ccc(S(=O)(=O)N(NC(=O)OC(C)(C)C)C(=C\c2ccccc2)/C=C/c2ccccc2)cc1. The molecule has 0 atom stereocenters. The second-order valence-corrected chi connectivity index (χ2v) is 10.7. The summed E-state index contributed by atoms with van der Waals surface area (Å²) < 4.78 is 33.8. The maximum atomic E-state index is 13.8. The van der Waals surface area contributed by atoms with Gasteiger partial charge in [0.25, 0.3) is 10.0 Å². The Hall–Kier alpha value is -3.84. The van der Waals surface area contributed by atoms with Gasteiger partial charge < -0.3 is 4.74 Å². The van der Waals surface area contributed by atoms with E-state index in [1.165, 1.54) is 12.1 Å². The second kappa shape index (κ2) is 11.1. The molecule has 0 bridgehead atoms. The Kier molecular flexibility index (Phi) is 8.14. The highest BCUT2D eigenvalue weighted by molar-refractivity contribution is 7.89. The summed E-state index contributed by atoms with van der Waals surface area (Å²) in [6.07, 6.45) is 4.22. The summed E-state index contributed by atoms with van der Waals surface area (Å²) >= 11 is 0. The smallest absolute Gasteiger partial charge is 0.427 e. The zero-order valence-corrected chi connectivity index (χ0v) is 21.1. The molecule has 3 aromatic rings. The Bertz CT molecular complexity index is 1290. The summed E-state index contributed by atoms with van der Waals surface area (Å²) in [5.41, 5.74) is 4.41. The molecule has 0 aromatic heterocycles. The van der Waals surface area contributed by atoms with Crippen LogP contribution in [0.15, 0.2) is 102 Å². The zero-order chi connectivity index (χ0) is 25.5. The molecule has 0 aliphatic heterocycles. The standard InChI is InChI=1S/C28H30N2O4S/c1-22-15-19-26(20-16-22)35(32,33)30(29-27(31)34-28(2,3)4)25(21-24-13-9-6-10-14-24)18-17-23-11-7-5-8-12-23/h5-21H,1-4H3,(H,29,31)/b18-17+,25-21-. The van der Waals surface area contributed by atoms with E-state index in [4.69, 9.17) is 4.74 Å². The van der Waals surface area contributed by atoms with Crippen LogP contribution in [0.2, 0.25) is 0 Å². The summed E-state index contributed by atoms with van der Waals surface area (Å²) in [5, 5.41) is 0. The monoisotopic (exact) mass is 490 g/mol. The first kappa shape index (κ1) is 25.8. The molecule has 0 aliphatic carbocycles. The van der Waals surface area contributed by atoms with Gasteiger partial charge in [0.1, 0.15) is 5.60 Å². The summed E-state index contributed by atoms with van der Waals surface area (Å²) in [6, 6.07) is 25.2. The first-order chi connectivity index (χ1) is 16.5. The number of hydrogen-bond donors (Lipinski definition) is 1. The van der Waals surface area contributed by atoms with E-state index in [-0.39, 0.29) is 10.6 Å². The molecule has 0 aliphatic rings. The normalized spacial score (nSPS) is 12.4. The number of ether oxygens (including phenoxy) is 1. The first-order valence-corrected chi connectivity index (χ1v) is 12.6. The van der Waals surface area contributed by atoms with Crippen molar-refractivity contribution in [2.45, 2.75) is 38.2 Å². The number of carbonyl (C=O) groups is 1. The minimum Gasteiger partial charge on any atom is -0.443 e. The van der Waals surface area contributed by atoms with E-state index in [0.29, 0.717) is 0 Å². The Morgan fingerprint density at radius 2 is 1.40 bits per heavy atom. The van der Waals surface area contributed by atoms with Gasteiger partial charge in [-0.15, -0.1) is 0 Å². The number of sulfonamides is 1. The van der Waals surface area contributed by atoms with Gasteiger partial charge in [-0.3, -0.25) is 0 Å². The van der Waals surface area contributed by atoms with Gasteiger partial charge >= 0.3 is 6.09 Å². The fourth-order valence-electron chi connectivity index (χ4n) is 3.10. The molecule has 3 rings (SSSR count). The van der Waals surface area contributed by atoms with Gasteiger partial charge in [0.15, 0.2) is 0 Å². The highest BCUT2D eigenvalue weighted by atomic mass is 32.2. The van der Waals surface area contributed by atoms with Gasteiger partial charge in [-0.25, -0.2) is 10.2 Å². The molecule has 6 nitrogen and oxygen atoms in total. The lowest BCUT2D eigenvalue weighted by molar-refractivity contribution is 0.0451. The van der Waals surface area contributed by atoms with E-state index in [1.54, 1.807) is 51.1 Å². The molecule has 3 aromatic carbocycles. The topological polar surface area (TPSA) is 75.7 Å². The van der Waals surface area contributed by atoms with Gasteiger partial charge in [0.05, 0.1) is 10.6 Å². The number of hydrogen-bond acceptors (Lipinski definition) is 4. The molecule has 0 unspecified atom stereocenters. The van der Waals surface area contributed by atoms with Crippen molar-refractivity contribution in [2.75, 3.05) is 0 Å². The van der Waals surface area contributed by atoms with E-state index in [2.05, 4.69) is 5.43 Å². The molecular weight excluding hydrogens is 460 g/mol. The van der Waals surface area contributed by atoms with Crippen LogP contribution in [0, 0.1) is 6.92 Å². The molecule has 0 saturated heterocycles. The zero-order valence-electron chi connectivity index (χ0n) is 20.3. The van der Waals surface area contributed by atoms with Crippen LogP contribution in [0.3, 0.4) is 0 Å². The average molecular weight is 491 g/mol. The number of hydrazine groups is 1. The van der Waals surface area contributed by atoms with Crippen LogP contribution >= 0.6 is 0 Å². The van der Waals surface area contributed by atoms with Crippen LogP contribution in [0.4, 0.5) is 4.79 Å². The maximum Gasteiger partial charge on any atom is 0.427 e. The van der Waals surface area contributed by atoms with E-state index in [0.717, 1.165) is 21.1 Å². The average Bonchev–Trinajstić information content (AvgIpc) is 2.81. The van der Waals surface area contributed by atoms with Crippen LogP contribution in [0.25, 0.3) is 12.2 Å². The van der Waals surface area contributed by atoms with Crippen molar-refractivity contribution in [3.63, 3.8) is 0 Å². The van der Waals surface area contributed by atoms with E-state index in [9.17, 15) is 13.2 Å². The van der Waals surface area contributed by atoms with Crippen molar-refractivity contribution < 1.29 is 17.9 Å². The lowest BCUT2D eigenvalue weighted by atomic mass is 10.1. The number of aryl methyl sites for hydroxylation is 1. The van der Waals surface area contributed by atoms with Gasteiger partial charge in [0.2, 0.25) is 0 Å². The van der Waals surface area contributed by atoms with Gasteiger partial charge in [0, 0.05) is 0 Å². The second-order valence-electron chi connectivity index (χ2n) is 8.92. The summed E-state index contributed by atoms with van der Waals surface area (Å²) in [5.74, 6) is 0. The quantitative estimate of drug-likeness (QED) is 0.317. The Labute approximate surface area is 207 Å². The summed E-state index contributed by atoms with van der Waals surface area (Å²) in [6.45, 7) is 7.00. The molecule has 1 amide bonds. The van der Waals surface area contributed by atoms with Crippen molar-refractivity contribution in [3.8, 4) is 0 Å². The van der Waals surface area contributed by atoms with Crippen LogP contribution in [0.5, 0.6) is 0 Å². The van der Waals surface area contributed by atoms with Crippen LogP contribution in [-0.2, 0) is 14.8 Å². The molecule has 7 heteroatoms. The molecule has 0 spiro atoms. The predicted octanol–water partition coefficient (Wildman–Crippen LogP) is 6.18. The third-order valence-corrected chi connectivity index (χ3v) is 6.40. The first-order valence-electron chi connectivity index (χ1n) is 11.2. The molecule has 35 heavy (non-hydrogen) atoms. The number of rotatable bonds is 7. The van der Waals surface area contributed by atoms with Gasteiger partial charge in [-0.2, -0.15) is 12.8 Å². The van der Waals surface area contributed by atoms with Gasteiger partial charge in [-0.05, 0) is 63.1 Å². The Morgan fingerprint density at radius 1 is 0.857 bits per heavy atom. The van der Waals surface area contributed by atoms with E-state index in [1.807, 2.05) is 67.6 Å². The van der Waals surface area contributed by atoms with Crippen molar-refractivity contribution in [2.24, 2.45) is 0 Å². The molecule has 0 radical (unpaired) electrons.